The highest BCUT2D eigenvalue weighted by molar-refractivity contribution is 5.83. The van der Waals surface area contributed by atoms with E-state index in [1.165, 1.54) is 13.0 Å². The van der Waals surface area contributed by atoms with Gasteiger partial charge >= 0.3 is 0 Å². The van der Waals surface area contributed by atoms with Gasteiger partial charge in [0.2, 0.25) is 11.8 Å². The highest BCUT2D eigenvalue weighted by Gasteiger charge is 2.38. The van der Waals surface area contributed by atoms with Crippen LogP contribution in [0.15, 0.2) is 18.2 Å². The van der Waals surface area contributed by atoms with Gasteiger partial charge in [-0.1, -0.05) is 6.07 Å². The van der Waals surface area contributed by atoms with E-state index >= 15 is 0 Å². The number of rotatable bonds is 2. The number of carbonyl (C=O) groups is 2. The number of hydrogen-bond acceptors (Lipinski definition) is 3. The second kappa shape index (κ2) is 6.23. The maximum Gasteiger partial charge on any atom is 0.229 e. The summed E-state index contributed by atoms with van der Waals surface area (Å²) in [6.07, 6.45) is -0.466. The van der Waals surface area contributed by atoms with Crippen LogP contribution in [0.4, 0.5) is 8.78 Å². The Bertz CT molecular complexity index is 632. The van der Waals surface area contributed by atoms with Crippen molar-refractivity contribution < 1.29 is 23.1 Å². The van der Waals surface area contributed by atoms with Crippen molar-refractivity contribution >= 4 is 11.8 Å². The smallest absolute Gasteiger partial charge is 0.229 e. The van der Waals surface area contributed by atoms with Crippen LogP contribution in [-0.4, -0.2) is 54.4 Å². The van der Waals surface area contributed by atoms with Crippen LogP contribution < -0.4 is 0 Å². The van der Waals surface area contributed by atoms with Gasteiger partial charge in [0, 0.05) is 26.6 Å². The molecule has 2 aliphatic heterocycles. The molecule has 2 fully saturated rings. The van der Waals surface area contributed by atoms with Crippen molar-refractivity contribution in [3.8, 4) is 0 Å². The fourth-order valence-electron chi connectivity index (χ4n) is 2.91. The molecule has 1 aromatic rings. The Labute approximate surface area is 132 Å². The molecule has 5 nitrogen and oxygen atoms in total. The summed E-state index contributed by atoms with van der Waals surface area (Å²) >= 11 is 0. The summed E-state index contributed by atoms with van der Waals surface area (Å²) in [5.41, 5.74) is 0.514. The largest absolute Gasteiger partial charge is 0.370 e. The van der Waals surface area contributed by atoms with E-state index in [0.717, 1.165) is 12.1 Å². The van der Waals surface area contributed by atoms with Crippen molar-refractivity contribution in [1.82, 2.24) is 9.80 Å². The first-order chi connectivity index (χ1) is 11.0. The summed E-state index contributed by atoms with van der Waals surface area (Å²) in [5.74, 6) is -2.06. The van der Waals surface area contributed by atoms with Crippen LogP contribution in [0.5, 0.6) is 0 Å². The predicted molar refractivity (Wildman–Crippen MR) is 77.4 cm³/mol. The van der Waals surface area contributed by atoms with E-state index in [2.05, 4.69) is 0 Å². The van der Waals surface area contributed by atoms with Gasteiger partial charge in [-0.2, -0.15) is 0 Å². The fourth-order valence-corrected chi connectivity index (χ4v) is 2.91. The Morgan fingerprint density at radius 2 is 1.87 bits per heavy atom. The lowest BCUT2D eigenvalue weighted by Crippen LogP contribution is -2.57. The number of morpholine rings is 1. The van der Waals surface area contributed by atoms with E-state index in [1.54, 1.807) is 9.80 Å². The molecule has 0 bridgehead atoms. The number of likely N-dealkylation sites (tertiary alicyclic amines) is 1. The molecule has 0 aliphatic carbocycles. The minimum Gasteiger partial charge on any atom is -0.370 e. The molecular weight excluding hydrogens is 306 g/mol. The molecule has 2 saturated heterocycles. The number of hydrogen-bond donors (Lipinski definition) is 0. The standard InChI is InChI=1S/C16H18F2N2O3/c1-10(21)20-7-12(8-20)16(22)19-4-5-23-15(9-19)11-2-3-13(17)14(18)6-11/h2-3,6,12,15H,4-5,7-9H2,1H3. The van der Waals surface area contributed by atoms with Gasteiger partial charge in [-0.3, -0.25) is 9.59 Å². The number of ether oxygens (including phenoxy) is 1. The molecule has 2 amide bonds. The van der Waals surface area contributed by atoms with E-state index in [9.17, 15) is 18.4 Å². The predicted octanol–water partition coefficient (Wildman–Crippen LogP) is 1.34. The molecule has 23 heavy (non-hydrogen) atoms. The van der Waals surface area contributed by atoms with Crippen molar-refractivity contribution in [2.75, 3.05) is 32.8 Å². The molecule has 1 atom stereocenters. The van der Waals surface area contributed by atoms with Crippen LogP contribution in [0.3, 0.4) is 0 Å². The maximum atomic E-state index is 13.4. The van der Waals surface area contributed by atoms with Gasteiger partial charge < -0.3 is 14.5 Å². The first kappa shape index (κ1) is 15.9. The van der Waals surface area contributed by atoms with E-state index < -0.39 is 17.7 Å². The topological polar surface area (TPSA) is 49.9 Å². The molecule has 0 N–H and O–H groups in total. The van der Waals surface area contributed by atoms with Gasteiger partial charge in [0.05, 0.1) is 19.1 Å². The number of benzene rings is 1. The second-order valence-corrected chi connectivity index (χ2v) is 5.94. The van der Waals surface area contributed by atoms with Crippen LogP contribution in [0.2, 0.25) is 0 Å². The highest BCUT2D eigenvalue weighted by Crippen LogP contribution is 2.26. The third kappa shape index (κ3) is 3.19. The Hall–Kier alpha value is -2.02. The zero-order valence-electron chi connectivity index (χ0n) is 12.8. The van der Waals surface area contributed by atoms with E-state index in [0.29, 0.717) is 38.3 Å². The highest BCUT2D eigenvalue weighted by atomic mass is 19.2. The molecular formula is C16H18F2N2O3. The van der Waals surface area contributed by atoms with Crippen LogP contribution in [0, 0.1) is 17.6 Å². The van der Waals surface area contributed by atoms with E-state index in [-0.39, 0.29) is 17.7 Å². The second-order valence-electron chi connectivity index (χ2n) is 5.94. The van der Waals surface area contributed by atoms with Gasteiger partial charge in [0.1, 0.15) is 6.10 Å². The molecule has 0 spiro atoms. The average molecular weight is 324 g/mol. The minimum atomic E-state index is -0.925. The summed E-state index contributed by atoms with van der Waals surface area (Å²) in [4.78, 5) is 26.9. The Kier molecular flexibility index (Phi) is 4.30. The van der Waals surface area contributed by atoms with Crippen molar-refractivity contribution in [3.05, 3.63) is 35.4 Å². The quantitative estimate of drug-likeness (QED) is 0.825. The van der Waals surface area contributed by atoms with Gasteiger partial charge in [-0.05, 0) is 17.7 Å². The summed E-state index contributed by atoms with van der Waals surface area (Å²) in [7, 11) is 0. The van der Waals surface area contributed by atoms with E-state index in [1.807, 2.05) is 0 Å². The third-order valence-electron chi connectivity index (χ3n) is 4.37. The number of carbonyl (C=O) groups excluding carboxylic acids is 2. The molecule has 1 aromatic carbocycles. The normalized spacial score (nSPS) is 22.0. The monoisotopic (exact) mass is 324 g/mol. The molecule has 2 heterocycles. The summed E-state index contributed by atoms with van der Waals surface area (Å²) < 4.78 is 32.0. The molecule has 0 aromatic heterocycles. The lowest BCUT2D eigenvalue weighted by atomic mass is 9.97. The molecule has 7 heteroatoms. The van der Waals surface area contributed by atoms with Gasteiger partial charge in [-0.15, -0.1) is 0 Å². The fraction of sp³-hybridized carbons (Fsp3) is 0.500. The van der Waals surface area contributed by atoms with Crippen LogP contribution in [-0.2, 0) is 14.3 Å². The summed E-state index contributed by atoms with van der Waals surface area (Å²) in [6, 6.07) is 3.64. The van der Waals surface area contributed by atoms with Gasteiger partial charge in [0.15, 0.2) is 11.6 Å². The Morgan fingerprint density at radius 3 is 2.52 bits per heavy atom. The zero-order chi connectivity index (χ0) is 16.6. The lowest BCUT2D eigenvalue weighted by molar-refractivity contribution is -0.152. The van der Waals surface area contributed by atoms with Crippen molar-refractivity contribution in [2.45, 2.75) is 13.0 Å². The first-order valence-electron chi connectivity index (χ1n) is 7.56. The molecule has 3 rings (SSSR count). The molecule has 2 aliphatic rings. The minimum absolute atomic E-state index is 0.0154. The maximum absolute atomic E-state index is 13.4. The number of amides is 2. The summed E-state index contributed by atoms with van der Waals surface area (Å²) in [5, 5.41) is 0. The molecule has 0 radical (unpaired) electrons. The third-order valence-corrected chi connectivity index (χ3v) is 4.37. The van der Waals surface area contributed by atoms with Gasteiger partial charge in [-0.25, -0.2) is 8.78 Å². The molecule has 0 saturated carbocycles. The first-order valence-corrected chi connectivity index (χ1v) is 7.56. The SMILES string of the molecule is CC(=O)N1CC(C(=O)N2CCOC(c3ccc(F)c(F)c3)C2)C1. The van der Waals surface area contributed by atoms with Crippen LogP contribution in [0.25, 0.3) is 0 Å². The van der Waals surface area contributed by atoms with Crippen LogP contribution in [0.1, 0.15) is 18.6 Å². The van der Waals surface area contributed by atoms with Crippen molar-refractivity contribution in [2.24, 2.45) is 5.92 Å². The number of nitrogens with zero attached hydrogens (tertiary/aromatic N) is 2. The van der Waals surface area contributed by atoms with Crippen LogP contribution >= 0.6 is 0 Å². The van der Waals surface area contributed by atoms with E-state index in [4.69, 9.17) is 4.74 Å². The Balaban J connectivity index is 1.63. The average Bonchev–Trinajstić information content (AvgIpc) is 2.48. The number of halogens is 2. The van der Waals surface area contributed by atoms with Gasteiger partial charge in [0.25, 0.3) is 0 Å². The summed E-state index contributed by atoms with van der Waals surface area (Å²) in [6.45, 7) is 3.49. The zero-order valence-corrected chi connectivity index (χ0v) is 12.8. The Morgan fingerprint density at radius 1 is 1.13 bits per heavy atom. The van der Waals surface area contributed by atoms with Crippen molar-refractivity contribution in [3.63, 3.8) is 0 Å². The molecule has 1 unspecified atom stereocenters. The lowest BCUT2D eigenvalue weighted by Gasteiger charge is -2.42. The van der Waals surface area contributed by atoms with Crippen molar-refractivity contribution in [1.29, 1.82) is 0 Å². The molecule has 124 valence electrons.